The van der Waals surface area contributed by atoms with E-state index in [4.69, 9.17) is 0 Å². The van der Waals surface area contributed by atoms with Gasteiger partial charge >= 0.3 is 0 Å². The lowest BCUT2D eigenvalue weighted by Gasteiger charge is -2.30. The second-order valence-electron chi connectivity index (χ2n) is 7.95. The molecule has 1 amide bonds. The van der Waals surface area contributed by atoms with Crippen molar-refractivity contribution >= 4 is 27.3 Å². The van der Waals surface area contributed by atoms with E-state index in [-0.39, 0.29) is 12.5 Å². The number of amides is 1. The Hall–Kier alpha value is -2.56. The van der Waals surface area contributed by atoms with Crippen LogP contribution in [0.5, 0.6) is 0 Å². The Morgan fingerprint density at radius 3 is 2.88 bits per heavy atom. The third-order valence-corrected chi connectivity index (χ3v) is 8.54. The molecular weight excluding hydrogens is 446 g/mol. The number of pyridine rings is 1. The van der Waals surface area contributed by atoms with Crippen LogP contribution in [0.1, 0.15) is 51.9 Å². The molecule has 1 aliphatic rings. The van der Waals surface area contributed by atoms with Gasteiger partial charge in [-0.15, -0.1) is 11.3 Å². The van der Waals surface area contributed by atoms with Crippen molar-refractivity contribution in [1.29, 1.82) is 0 Å². The van der Waals surface area contributed by atoms with Gasteiger partial charge in [0.15, 0.2) is 0 Å². The normalized spacial score (nSPS) is 13.9. The van der Waals surface area contributed by atoms with Crippen molar-refractivity contribution in [2.45, 2.75) is 50.4 Å². The molecule has 0 saturated heterocycles. The molecule has 0 bridgehead atoms. The predicted molar refractivity (Wildman–Crippen MR) is 123 cm³/mol. The molecule has 1 N–H and O–H groups in total. The monoisotopic (exact) mass is 473 g/mol. The van der Waals surface area contributed by atoms with Crippen LogP contribution in [0.2, 0.25) is 0 Å². The summed E-state index contributed by atoms with van der Waals surface area (Å²) in [5, 5.41) is 6.19. The molecule has 3 aromatic heterocycles. The van der Waals surface area contributed by atoms with Gasteiger partial charge in [0.2, 0.25) is 10.0 Å². The molecule has 10 heteroatoms. The summed E-state index contributed by atoms with van der Waals surface area (Å²) in [6.45, 7) is 5.16. The summed E-state index contributed by atoms with van der Waals surface area (Å²) >= 11 is 1.19. The lowest BCUT2D eigenvalue weighted by Crippen LogP contribution is -2.38. The van der Waals surface area contributed by atoms with Crippen molar-refractivity contribution in [3.8, 4) is 0 Å². The standard InChI is InChI=1S/C22H27N5O3S2/c1-4-6-17-11-20(26(3)25-17)22(28)27-9-8-18-16(14-27)12-23-15(2)19(18)13-24-32(29,30)21-7-5-10-31-21/h5,7,10-12,24H,4,6,8-9,13-14H2,1-3H3. The quantitative estimate of drug-likeness (QED) is 0.569. The van der Waals surface area contributed by atoms with E-state index in [9.17, 15) is 13.2 Å². The van der Waals surface area contributed by atoms with Crippen LogP contribution in [0.4, 0.5) is 0 Å². The summed E-state index contributed by atoms with van der Waals surface area (Å²) in [5.41, 5.74) is 5.23. The number of thiophene rings is 1. The Kier molecular flexibility index (Phi) is 6.45. The zero-order chi connectivity index (χ0) is 22.9. The van der Waals surface area contributed by atoms with E-state index < -0.39 is 10.0 Å². The lowest BCUT2D eigenvalue weighted by atomic mass is 9.95. The molecule has 0 aromatic carbocycles. The summed E-state index contributed by atoms with van der Waals surface area (Å²) in [6.07, 6.45) is 4.27. The average molecular weight is 474 g/mol. The van der Waals surface area contributed by atoms with Crippen LogP contribution < -0.4 is 4.72 Å². The van der Waals surface area contributed by atoms with Crippen LogP contribution in [-0.4, -0.2) is 40.5 Å². The number of carbonyl (C=O) groups excluding carboxylic acids is 1. The van der Waals surface area contributed by atoms with Gasteiger partial charge in [-0.1, -0.05) is 19.4 Å². The van der Waals surface area contributed by atoms with E-state index in [0.717, 1.165) is 40.9 Å². The van der Waals surface area contributed by atoms with Gasteiger partial charge in [-0.2, -0.15) is 5.10 Å². The first-order valence-corrected chi connectivity index (χ1v) is 13.0. The number of nitrogens with zero attached hydrogens (tertiary/aromatic N) is 4. The molecule has 4 heterocycles. The number of aryl methyl sites for hydroxylation is 3. The summed E-state index contributed by atoms with van der Waals surface area (Å²) in [4.78, 5) is 19.4. The Morgan fingerprint density at radius 2 is 2.16 bits per heavy atom. The van der Waals surface area contributed by atoms with Gasteiger partial charge in [0, 0.05) is 38.6 Å². The first-order chi connectivity index (χ1) is 15.3. The fraction of sp³-hybridized carbons (Fsp3) is 0.409. The fourth-order valence-electron chi connectivity index (χ4n) is 4.05. The lowest BCUT2D eigenvalue weighted by molar-refractivity contribution is 0.0723. The fourth-order valence-corrected chi connectivity index (χ4v) is 6.08. The van der Waals surface area contributed by atoms with Crippen LogP contribution in [0.25, 0.3) is 0 Å². The molecule has 8 nitrogen and oxygen atoms in total. The third-order valence-electron chi connectivity index (χ3n) is 5.74. The minimum atomic E-state index is -3.56. The second-order valence-corrected chi connectivity index (χ2v) is 10.9. The zero-order valence-electron chi connectivity index (χ0n) is 18.5. The maximum Gasteiger partial charge on any atom is 0.272 e. The van der Waals surface area contributed by atoms with Crippen molar-refractivity contribution in [3.05, 3.63) is 63.5 Å². The summed E-state index contributed by atoms with van der Waals surface area (Å²) < 4.78 is 29.7. The number of aromatic nitrogens is 3. The Labute approximate surface area is 192 Å². The van der Waals surface area contributed by atoms with E-state index >= 15 is 0 Å². The Morgan fingerprint density at radius 1 is 1.34 bits per heavy atom. The van der Waals surface area contributed by atoms with Gasteiger partial charge in [-0.05, 0) is 54.0 Å². The second kappa shape index (κ2) is 9.13. The molecule has 0 atom stereocenters. The Bertz CT molecular complexity index is 1230. The highest BCUT2D eigenvalue weighted by Gasteiger charge is 2.27. The van der Waals surface area contributed by atoms with E-state index in [0.29, 0.717) is 29.4 Å². The van der Waals surface area contributed by atoms with Gasteiger partial charge in [-0.25, -0.2) is 13.1 Å². The molecule has 170 valence electrons. The summed E-state index contributed by atoms with van der Waals surface area (Å²) in [7, 11) is -1.76. The van der Waals surface area contributed by atoms with Crippen LogP contribution in [0, 0.1) is 6.92 Å². The first-order valence-electron chi connectivity index (χ1n) is 10.6. The summed E-state index contributed by atoms with van der Waals surface area (Å²) in [6, 6.07) is 5.18. The molecule has 32 heavy (non-hydrogen) atoms. The number of hydrogen-bond donors (Lipinski definition) is 1. The summed E-state index contributed by atoms with van der Waals surface area (Å²) in [5.74, 6) is -0.0477. The van der Waals surface area contributed by atoms with Gasteiger partial charge in [-0.3, -0.25) is 14.5 Å². The highest BCUT2D eigenvalue weighted by molar-refractivity contribution is 7.91. The van der Waals surface area contributed by atoms with Crippen LogP contribution in [-0.2, 0) is 43.0 Å². The predicted octanol–water partition coefficient (Wildman–Crippen LogP) is 2.81. The van der Waals surface area contributed by atoms with Gasteiger partial charge in [0.05, 0.1) is 5.69 Å². The van der Waals surface area contributed by atoms with Crippen molar-refractivity contribution < 1.29 is 13.2 Å². The zero-order valence-corrected chi connectivity index (χ0v) is 20.1. The Balaban J connectivity index is 1.53. The molecule has 3 aromatic rings. The minimum absolute atomic E-state index is 0.0477. The van der Waals surface area contributed by atoms with Crippen LogP contribution in [0.3, 0.4) is 0 Å². The highest BCUT2D eigenvalue weighted by atomic mass is 32.2. The van der Waals surface area contributed by atoms with E-state index in [1.54, 1.807) is 35.4 Å². The molecular formula is C22H27N5O3S2. The SMILES string of the molecule is CCCc1cc(C(=O)N2CCc3c(cnc(C)c3CNS(=O)(=O)c3cccs3)C2)n(C)n1. The van der Waals surface area contributed by atoms with Crippen LogP contribution >= 0.6 is 11.3 Å². The largest absolute Gasteiger partial charge is 0.333 e. The van der Waals surface area contributed by atoms with Crippen molar-refractivity contribution in [1.82, 2.24) is 24.4 Å². The number of rotatable bonds is 7. The van der Waals surface area contributed by atoms with E-state index in [1.807, 2.05) is 17.9 Å². The van der Waals surface area contributed by atoms with Gasteiger partial charge in [0.1, 0.15) is 9.90 Å². The highest BCUT2D eigenvalue weighted by Crippen LogP contribution is 2.26. The molecule has 4 rings (SSSR count). The van der Waals surface area contributed by atoms with Crippen molar-refractivity contribution in [2.24, 2.45) is 7.05 Å². The molecule has 0 aliphatic carbocycles. The molecule has 0 radical (unpaired) electrons. The van der Waals surface area contributed by atoms with Crippen molar-refractivity contribution in [2.75, 3.05) is 6.54 Å². The minimum Gasteiger partial charge on any atom is -0.333 e. The van der Waals surface area contributed by atoms with E-state index in [2.05, 4.69) is 21.7 Å². The maximum absolute atomic E-state index is 13.1. The maximum atomic E-state index is 13.1. The number of hydrogen-bond acceptors (Lipinski definition) is 6. The van der Waals surface area contributed by atoms with Crippen LogP contribution in [0.15, 0.2) is 34.0 Å². The number of nitrogens with one attached hydrogen (secondary N) is 1. The molecule has 0 fully saturated rings. The molecule has 0 unspecified atom stereocenters. The first kappa shape index (κ1) is 22.6. The van der Waals surface area contributed by atoms with E-state index in [1.165, 1.54) is 11.3 Å². The van der Waals surface area contributed by atoms with Crippen molar-refractivity contribution in [3.63, 3.8) is 0 Å². The number of sulfonamides is 1. The number of fused-ring (bicyclic) bond motifs is 1. The number of carbonyl (C=O) groups is 1. The molecule has 0 spiro atoms. The third kappa shape index (κ3) is 4.48. The van der Waals surface area contributed by atoms with Gasteiger partial charge in [0.25, 0.3) is 5.91 Å². The van der Waals surface area contributed by atoms with Gasteiger partial charge < -0.3 is 4.90 Å². The smallest absolute Gasteiger partial charge is 0.272 e. The average Bonchev–Trinajstić information content (AvgIpc) is 3.43. The molecule has 0 saturated carbocycles. The topological polar surface area (TPSA) is 97.2 Å². The molecule has 1 aliphatic heterocycles.